The molecule has 2 rings (SSSR count). The van der Waals surface area contributed by atoms with Crippen molar-refractivity contribution in [1.29, 1.82) is 0 Å². The van der Waals surface area contributed by atoms with E-state index in [0.29, 0.717) is 44.2 Å². The van der Waals surface area contributed by atoms with Crippen LogP contribution in [0.1, 0.15) is 57.2 Å². The Morgan fingerprint density at radius 1 is 1.40 bits per heavy atom. The van der Waals surface area contributed by atoms with Crippen LogP contribution in [0.5, 0.6) is 0 Å². The lowest BCUT2D eigenvalue weighted by atomic mass is 9.72. The minimum Gasteiger partial charge on any atom is -0.481 e. The number of aliphatic carboxylic acids is 1. The van der Waals surface area contributed by atoms with Crippen LogP contribution in [0.15, 0.2) is 4.52 Å². The van der Waals surface area contributed by atoms with Crippen molar-refractivity contribution in [2.45, 2.75) is 58.5 Å². The largest absolute Gasteiger partial charge is 0.481 e. The highest BCUT2D eigenvalue weighted by molar-refractivity contribution is 5.75. The quantitative estimate of drug-likeness (QED) is 0.774. The van der Waals surface area contributed by atoms with Crippen molar-refractivity contribution in [3.63, 3.8) is 0 Å². The molecule has 0 aromatic carbocycles. The third-order valence-corrected chi connectivity index (χ3v) is 3.84. The zero-order valence-electron chi connectivity index (χ0n) is 11.9. The summed E-state index contributed by atoms with van der Waals surface area (Å²) in [6.07, 6.45) is 5.64. The summed E-state index contributed by atoms with van der Waals surface area (Å²) in [4.78, 5) is 15.8. The molecule has 0 unspecified atom stereocenters. The monoisotopic (exact) mass is 282 g/mol. The summed E-state index contributed by atoms with van der Waals surface area (Å²) in [7, 11) is 0. The molecule has 0 bridgehead atoms. The minimum atomic E-state index is -0.751. The molecule has 0 spiro atoms. The van der Waals surface area contributed by atoms with Crippen LogP contribution in [-0.4, -0.2) is 27.8 Å². The van der Waals surface area contributed by atoms with Gasteiger partial charge in [0.05, 0.1) is 5.41 Å². The Kier molecular flexibility index (Phi) is 5.11. The van der Waals surface area contributed by atoms with Crippen molar-refractivity contribution in [3.8, 4) is 0 Å². The van der Waals surface area contributed by atoms with Crippen molar-refractivity contribution in [2.75, 3.05) is 6.61 Å². The van der Waals surface area contributed by atoms with Crippen LogP contribution in [0.3, 0.4) is 0 Å². The molecule has 0 radical (unpaired) electrons. The molecule has 0 aliphatic heterocycles. The number of carboxylic acid groups (broad SMARTS) is 1. The van der Waals surface area contributed by atoms with E-state index in [2.05, 4.69) is 10.1 Å². The molecule has 20 heavy (non-hydrogen) atoms. The Labute approximate surface area is 118 Å². The van der Waals surface area contributed by atoms with Gasteiger partial charge in [-0.1, -0.05) is 31.3 Å². The van der Waals surface area contributed by atoms with Crippen LogP contribution in [-0.2, 0) is 22.6 Å². The van der Waals surface area contributed by atoms with Gasteiger partial charge in [-0.3, -0.25) is 4.79 Å². The van der Waals surface area contributed by atoms with E-state index in [1.54, 1.807) is 0 Å². The number of hydrogen-bond acceptors (Lipinski definition) is 5. The number of nitrogens with zero attached hydrogens (tertiary/aromatic N) is 2. The fourth-order valence-corrected chi connectivity index (χ4v) is 2.71. The Bertz CT molecular complexity index is 438. The number of carbonyl (C=O) groups is 1. The van der Waals surface area contributed by atoms with Crippen molar-refractivity contribution < 1.29 is 19.2 Å². The van der Waals surface area contributed by atoms with E-state index in [0.717, 1.165) is 25.7 Å². The molecule has 1 N–H and O–H groups in total. The predicted octanol–water partition coefficient (Wildman–Crippen LogP) is 2.57. The second-order valence-corrected chi connectivity index (χ2v) is 5.48. The molecule has 6 nitrogen and oxygen atoms in total. The van der Waals surface area contributed by atoms with E-state index in [1.165, 1.54) is 0 Å². The van der Waals surface area contributed by atoms with Gasteiger partial charge >= 0.3 is 5.97 Å². The standard InChI is InChI=1S/C14H22N2O4/c1-2-8-19-10-11-15-12(20-16-11)9-14(13(17)18)6-4-3-5-7-14/h2-10H2,1H3,(H,17,18). The highest BCUT2D eigenvalue weighted by atomic mass is 16.5. The van der Waals surface area contributed by atoms with Gasteiger partial charge in [0.2, 0.25) is 5.89 Å². The van der Waals surface area contributed by atoms with Crippen molar-refractivity contribution in [1.82, 2.24) is 10.1 Å². The van der Waals surface area contributed by atoms with Gasteiger partial charge in [0.15, 0.2) is 5.82 Å². The summed E-state index contributed by atoms with van der Waals surface area (Å²) in [5, 5.41) is 13.4. The fourth-order valence-electron chi connectivity index (χ4n) is 2.71. The first kappa shape index (κ1) is 15.0. The van der Waals surface area contributed by atoms with Gasteiger partial charge in [-0.25, -0.2) is 0 Å². The summed E-state index contributed by atoms with van der Waals surface area (Å²) in [6, 6.07) is 0. The van der Waals surface area contributed by atoms with Crippen molar-refractivity contribution >= 4 is 5.97 Å². The maximum Gasteiger partial charge on any atom is 0.310 e. The second kappa shape index (κ2) is 6.83. The van der Waals surface area contributed by atoms with E-state index in [-0.39, 0.29) is 0 Å². The van der Waals surface area contributed by atoms with Crippen LogP contribution < -0.4 is 0 Å². The Morgan fingerprint density at radius 2 is 2.15 bits per heavy atom. The predicted molar refractivity (Wildman–Crippen MR) is 71.1 cm³/mol. The molecule has 0 saturated heterocycles. The first-order valence-corrected chi connectivity index (χ1v) is 7.29. The summed E-state index contributed by atoms with van der Waals surface area (Å²) in [5.41, 5.74) is -0.730. The van der Waals surface area contributed by atoms with Gasteiger partial charge in [-0.05, 0) is 19.3 Å². The molecule has 1 aliphatic rings. The smallest absolute Gasteiger partial charge is 0.310 e. The Balaban J connectivity index is 1.98. The average molecular weight is 282 g/mol. The molecule has 1 aromatic rings. The highest BCUT2D eigenvalue weighted by Crippen LogP contribution is 2.39. The van der Waals surface area contributed by atoms with Crippen molar-refractivity contribution in [2.24, 2.45) is 5.41 Å². The van der Waals surface area contributed by atoms with Crippen LogP contribution in [0.2, 0.25) is 0 Å². The molecule has 1 aliphatic carbocycles. The fraction of sp³-hybridized carbons (Fsp3) is 0.786. The zero-order valence-corrected chi connectivity index (χ0v) is 11.9. The molecule has 112 valence electrons. The lowest BCUT2D eigenvalue weighted by molar-refractivity contribution is -0.151. The number of aromatic nitrogens is 2. The Morgan fingerprint density at radius 3 is 2.80 bits per heavy atom. The third-order valence-electron chi connectivity index (χ3n) is 3.84. The zero-order chi connectivity index (χ0) is 14.4. The molecule has 6 heteroatoms. The summed E-state index contributed by atoms with van der Waals surface area (Å²) in [6.45, 7) is 3.00. The van der Waals surface area contributed by atoms with Gasteiger partial charge in [0.1, 0.15) is 6.61 Å². The lowest BCUT2D eigenvalue weighted by Crippen LogP contribution is -2.35. The van der Waals surface area contributed by atoms with E-state index < -0.39 is 11.4 Å². The molecular formula is C14H22N2O4. The average Bonchev–Trinajstić information content (AvgIpc) is 2.87. The molecule has 0 amide bonds. The van der Waals surface area contributed by atoms with Crippen LogP contribution in [0.25, 0.3) is 0 Å². The third kappa shape index (κ3) is 3.56. The number of hydrogen-bond donors (Lipinski definition) is 1. The van der Waals surface area contributed by atoms with Gasteiger partial charge in [-0.2, -0.15) is 4.98 Å². The van der Waals surface area contributed by atoms with Gasteiger partial charge < -0.3 is 14.4 Å². The molecule has 1 heterocycles. The second-order valence-electron chi connectivity index (χ2n) is 5.48. The first-order chi connectivity index (χ1) is 9.66. The first-order valence-electron chi connectivity index (χ1n) is 7.29. The summed E-state index contributed by atoms with van der Waals surface area (Å²) < 4.78 is 10.5. The van der Waals surface area contributed by atoms with Gasteiger partial charge in [0.25, 0.3) is 0 Å². The molecule has 1 saturated carbocycles. The van der Waals surface area contributed by atoms with Gasteiger partial charge in [0, 0.05) is 13.0 Å². The van der Waals surface area contributed by atoms with Crippen LogP contribution in [0.4, 0.5) is 0 Å². The molecular weight excluding hydrogens is 260 g/mol. The molecule has 1 aromatic heterocycles. The number of ether oxygens (including phenoxy) is 1. The van der Waals surface area contributed by atoms with Crippen LogP contribution >= 0.6 is 0 Å². The van der Waals surface area contributed by atoms with E-state index in [1.807, 2.05) is 6.92 Å². The summed E-state index contributed by atoms with van der Waals surface area (Å²) in [5.74, 6) is 0.147. The highest BCUT2D eigenvalue weighted by Gasteiger charge is 2.41. The summed E-state index contributed by atoms with van der Waals surface area (Å²) >= 11 is 0. The molecule has 1 fully saturated rings. The topological polar surface area (TPSA) is 85.5 Å². The van der Waals surface area contributed by atoms with Gasteiger partial charge in [-0.15, -0.1) is 0 Å². The van der Waals surface area contributed by atoms with Crippen LogP contribution in [0, 0.1) is 5.41 Å². The van der Waals surface area contributed by atoms with E-state index in [4.69, 9.17) is 9.26 Å². The lowest BCUT2D eigenvalue weighted by Gasteiger charge is -2.31. The minimum absolute atomic E-state index is 0.317. The maximum atomic E-state index is 11.6. The molecule has 0 atom stereocenters. The van der Waals surface area contributed by atoms with E-state index >= 15 is 0 Å². The normalized spacial score (nSPS) is 18.1. The maximum absolute atomic E-state index is 11.6. The SMILES string of the molecule is CCCOCc1noc(CC2(C(=O)O)CCCCC2)n1. The number of rotatable bonds is 7. The Hall–Kier alpha value is -1.43. The van der Waals surface area contributed by atoms with E-state index in [9.17, 15) is 9.90 Å². The number of carboxylic acids is 1. The van der Waals surface area contributed by atoms with Crippen molar-refractivity contribution in [3.05, 3.63) is 11.7 Å².